The first kappa shape index (κ1) is 13.4. The van der Waals surface area contributed by atoms with Crippen LogP contribution >= 0.6 is 15.9 Å². The van der Waals surface area contributed by atoms with E-state index in [9.17, 15) is 4.79 Å². The molecule has 1 saturated carbocycles. The van der Waals surface area contributed by atoms with Gasteiger partial charge in [0, 0.05) is 11.0 Å². The summed E-state index contributed by atoms with van der Waals surface area (Å²) in [5.41, 5.74) is 3.06. The van der Waals surface area contributed by atoms with E-state index in [-0.39, 0.29) is 11.8 Å². The summed E-state index contributed by atoms with van der Waals surface area (Å²) in [5, 5.41) is 9.08. The predicted molar refractivity (Wildman–Crippen MR) is 73.3 cm³/mol. The Bertz CT molecular complexity index is 504. The molecule has 0 radical (unpaired) electrons. The van der Waals surface area contributed by atoms with Crippen molar-refractivity contribution in [2.75, 3.05) is 7.11 Å². The van der Waals surface area contributed by atoms with E-state index < -0.39 is 5.97 Å². The second-order valence-corrected chi connectivity index (χ2v) is 5.88. The van der Waals surface area contributed by atoms with E-state index in [0.717, 1.165) is 39.8 Å². The molecule has 0 unspecified atom stereocenters. The maximum Gasteiger partial charge on any atom is 0.304 e. The zero-order valence-corrected chi connectivity index (χ0v) is 12.4. The molecule has 1 aromatic carbocycles. The average molecular weight is 313 g/mol. The summed E-state index contributed by atoms with van der Waals surface area (Å²) in [7, 11) is 1.64. The van der Waals surface area contributed by atoms with Crippen LogP contribution in [0.4, 0.5) is 0 Å². The molecule has 1 N–H and O–H groups in total. The van der Waals surface area contributed by atoms with Gasteiger partial charge in [-0.2, -0.15) is 0 Å². The molecule has 0 aliphatic heterocycles. The average Bonchev–Trinajstić information content (AvgIpc) is 3.02. The Labute approximate surface area is 115 Å². The van der Waals surface area contributed by atoms with E-state index in [4.69, 9.17) is 9.84 Å². The molecule has 4 heteroatoms. The Hall–Kier alpha value is -1.03. The lowest BCUT2D eigenvalue weighted by atomic mass is 9.87. The summed E-state index contributed by atoms with van der Waals surface area (Å²) in [6, 6.07) is 2.09. The fourth-order valence-corrected chi connectivity index (χ4v) is 3.21. The number of carbonyl (C=O) groups is 1. The van der Waals surface area contributed by atoms with Crippen molar-refractivity contribution in [3.63, 3.8) is 0 Å². The molecule has 0 aromatic heterocycles. The van der Waals surface area contributed by atoms with Crippen LogP contribution in [0.25, 0.3) is 0 Å². The van der Waals surface area contributed by atoms with Crippen LogP contribution in [0.3, 0.4) is 0 Å². The van der Waals surface area contributed by atoms with Crippen LogP contribution in [0, 0.1) is 13.8 Å². The van der Waals surface area contributed by atoms with Gasteiger partial charge >= 0.3 is 5.97 Å². The molecule has 1 fully saturated rings. The zero-order chi connectivity index (χ0) is 13.5. The highest BCUT2D eigenvalue weighted by Gasteiger charge is 2.49. The fraction of sp³-hybridized carbons (Fsp3) is 0.500. The van der Waals surface area contributed by atoms with E-state index >= 15 is 0 Å². The summed E-state index contributed by atoms with van der Waals surface area (Å²) >= 11 is 3.54. The number of halogens is 1. The monoisotopic (exact) mass is 312 g/mol. The van der Waals surface area contributed by atoms with Crippen molar-refractivity contribution < 1.29 is 14.6 Å². The molecule has 0 spiro atoms. The minimum Gasteiger partial charge on any atom is -0.495 e. The first-order valence-corrected chi connectivity index (χ1v) is 6.76. The molecule has 0 bridgehead atoms. The zero-order valence-electron chi connectivity index (χ0n) is 10.8. The van der Waals surface area contributed by atoms with Crippen molar-refractivity contribution in [3.05, 3.63) is 27.2 Å². The van der Waals surface area contributed by atoms with Gasteiger partial charge in [0.2, 0.25) is 0 Å². The van der Waals surface area contributed by atoms with Crippen LogP contribution in [0.15, 0.2) is 10.5 Å². The maximum absolute atomic E-state index is 11.0. The highest BCUT2D eigenvalue weighted by atomic mass is 79.9. The quantitative estimate of drug-likeness (QED) is 0.924. The van der Waals surface area contributed by atoms with E-state index in [1.807, 2.05) is 13.8 Å². The third kappa shape index (κ3) is 2.14. The molecule has 1 aliphatic rings. The van der Waals surface area contributed by atoms with Gasteiger partial charge in [0.25, 0.3) is 0 Å². The van der Waals surface area contributed by atoms with Crippen molar-refractivity contribution in [1.29, 1.82) is 0 Å². The topological polar surface area (TPSA) is 46.5 Å². The molecule has 0 atom stereocenters. The maximum atomic E-state index is 11.0. The second-order valence-electron chi connectivity index (χ2n) is 5.08. The Morgan fingerprint density at radius 2 is 2.06 bits per heavy atom. The summed E-state index contributed by atoms with van der Waals surface area (Å²) in [4.78, 5) is 11.0. The van der Waals surface area contributed by atoms with E-state index in [2.05, 4.69) is 22.0 Å². The molecule has 2 rings (SSSR count). The number of carboxylic acid groups (broad SMARTS) is 1. The Kier molecular flexibility index (Phi) is 3.41. The Balaban J connectivity index is 2.57. The fourth-order valence-electron chi connectivity index (χ4n) is 2.73. The van der Waals surface area contributed by atoms with Gasteiger partial charge in [-0.3, -0.25) is 4.79 Å². The summed E-state index contributed by atoms with van der Waals surface area (Å²) in [6.45, 7) is 4.04. The third-order valence-electron chi connectivity index (χ3n) is 3.68. The number of hydrogen-bond acceptors (Lipinski definition) is 2. The lowest BCUT2D eigenvalue weighted by Crippen LogP contribution is -2.16. The molecule has 98 valence electrons. The molecule has 0 saturated heterocycles. The van der Waals surface area contributed by atoms with Gasteiger partial charge in [-0.25, -0.2) is 0 Å². The van der Waals surface area contributed by atoms with Crippen LogP contribution in [0.5, 0.6) is 5.75 Å². The SMILES string of the molecule is COc1c(Br)c(C)cc(C)c1C1(CC(=O)O)CC1. The van der Waals surface area contributed by atoms with E-state index in [1.54, 1.807) is 7.11 Å². The lowest BCUT2D eigenvalue weighted by Gasteiger charge is -2.22. The van der Waals surface area contributed by atoms with Gasteiger partial charge in [-0.1, -0.05) is 6.07 Å². The highest BCUT2D eigenvalue weighted by molar-refractivity contribution is 9.10. The summed E-state index contributed by atoms with van der Waals surface area (Å²) in [5.74, 6) is 0.0527. The van der Waals surface area contributed by atoms with Crippen LogP contribution in [0.1, 0.15) is 36.0 Å². The lowest BCUT2D eigenvalue weighted by molar-refractivity contribution is -0.137. The summed E-state index contributed by atoms with van der Waals surface area (Å²) < 4.78 is 6.44. The molecule has 3 nitrogen and oxygen atoms in total. The number of aliphatic carboxylic acids is 1. The molecule has 18 heavy (non-hydrogen) atoms. The van der Waals surface area contributed by atoms with E-state index in [1.165, 1.54) is 0 Å². The van der Waals surface area contributed by atoms with Gasteiger partial charge in [-0.05, 0) is 53.7 Å². The summed E-state index contributed by atoms with van der Waals surface area (Å²) in [6.07, 6.45) is 2.03. The van der Waals surface area contributed by atoms with E-state index in [0.29, 0.717) is 0 Å². The molecule has 1 aromatic rings. The first-order valence-electron chi connectivity index (χ1n) is 5.97. The number of methoxy groups -OCH3 is 1. The number of benzene rings is 1. The number of rotatable bonds is 4. The number of carboxylic acids is 1. The number of aryl methyl sites for hydroxylation is 2. The minimum atomic E-state index is -0.745. The molecular formula is C14H17BrO3. The van der Waals surface area contributed by atoms with Crippen LogP contribution < -0.4 is 4.74 Å². The van der Waals surface area contributed by atoms with Crippen LogP contribution in [-0.4, -0.2) is 18.2 Å². The number of hydrogen-bond donors (Lipinski definition) is 1. The molecule has 0 amide bonds. The van der Waals surface area contributed by atoms with Gasteiger partial charge in [-0.15, -0.1) is 0 Å². The van der Waals surface area contributed by atoms with Crippen LogP contribution in [-0.2, 0) is 10.2 Å². The first-order chi connectivity index (χ1) is 8.41. The highest BCUT2D eigenvalue weighted by Crippen LogP contribution is 2.56. The number of ether oxygens (including phenoxy) is 1. The van der Waals surface area contributed by atoms with Crippen molar-refractivity contribution in [3.8, 4) is 5.75 Å². The molecular weight excluding hydrogens is 296 g/mol. The minimum absolute atomic E-state index is 0.180. The second kappa shape index (κ2) is 4.57. The Morgan fingerprint density at radius 1 is 1.44 bits per heavy atom. The molecule has 0 heterocycles. The van der Waals surface area contributed by atoms with Crippen molar-refractivity contribution in [2.24, 2.45) is 0 Å². The van der Waals surface area contributed by atoms with Crippen LogP contribution in [0.2, 0.25) is 0 Å². The predicted octanol–water partition coefficient (Wildman–Crippen LogP) is 3.58. The third-order valence-corrected chi connectivity index (χ3v) is 4.66. The molecule has 1 aliphatic carbocycles. The normalized spacial score (nSPS) is 16.4. The van der Waals surface area contributed by atoms with Crippen molar-refractivity contribution in [1.82, 2.24) is 0 Å². The standard InChI is InChI=1S/C14H17BrO3/c1-8-6-9(2)12(15)13(18-3)11(8)14(4-5-14)7-10(16)17/h6H,4-5,7H2,1-3H3,(H,16,17). The van der Waals surface area contributed by atoms with Crippen molar-refractivity contribution in [2.45, 2.75) is 38.5 Å². The van der Waals surface area contributed by atoms with Gasteiger partial charge in [0.05, 0.1) is 18.0 Å². The van der Waals surface area contributed by atoms with Crippen molar-refractivity contribution >= 4 is 21.9 Å². The van der Waals surface area contributed by atoms with Gasteiger partial charge in [0.15, 0.2) is 0 Å². The smallest absolute Gasteiger partial charge is 0.304 e. The Morgan fingerprint density at radius 3 is 2.50 bits per heavy atom. The largest absolute Gasteiger partial charge is 0.495 e. The van der Waals surface area contributed by atoms with Gasteiger partial charge < -0.3 is 9.84 Å². The van der Waals surface area contributed by atoms with Gasteiger partial charge in [0.1, 0.15) is 5.75 Å².